The predicted octanol–water partition coefficient (Wildman–Crippen LogP) is 5.76. The van der Waals surface area contributed by atoms with E-state index in [1.165, 1.54) is 11.1 Å². The van der Waals surface area contributed by atoms with Crippen LogP contribution in [0, 0.1) is 20.8 Å². The van der Waals surface area contributed by atoms with Gasteiger partial charge in [-0.2, -0.15) is 0 Å². The van der Waals surface area contributed by atoms with Crippen molar-refractivity contribution in [2.45, 2.75) is 27.3 Å². The van der Waals surface area contributed by atoms with Crippen molar-refractivity contribution in [2.24, 2.45) is 0 Å². The Kier molecular flexibility index (Phi) is 5.13. The van der Waals surface area contributed by atoms with Crippen molar-refractivity contribution in [3.63, 3.8) is 0 Å². The molecule has 4 rings (SSSR count). The highest BCUT2D eigenvalue weighted by molar-refractivity contribution is 6.07. The number of hydrogen-bond donors (Lipinski definition) is 1. The summed E-state index contributed by atoms with van der Waals surface area (Å²) in [5.74, 6) is -0.0862. The summed E-state index contributed by atoms with van der Waals surface area (Å²) in [5.41, 5.74) is 7.95. The summed E-state index contributed by atoms with van der Waals surface area (Å²) < 4.78 is 0. The van der Waals surface area contributed by atoms with Gasteiger partial charge in [0.1, 0.15) is 0 Å². The second-order valence-electron chi connectivity index (χ2n) is 7.54. The van der Waals surface area contributed by atoms with Crippen molar-refractivity contribution < 1.29 is 4.79 Å². The molecule has 0 saturated carbocycles. The molecule has 0 aliphatic rings. The maximum atomic E-state index is 13.1. The quantitative estimate of drug-likeness (QED) is 0.489. The van der Waals surface area contributed by atoms with Crippen LogP contribution in [0.15, 0.2) is 72.8 Å². The second kappa shape index (κ2) is 7.88. The van der Waals surface area contributed by atoms with Crippen LogP contribution in [-0.4, -0.2) is 10.9 Å². The van der Waals surface area contributed by atoms with Gasteiger partial charge in [0.15, 0.2) is 0 Å². The van der Waals surface area contributed by atoms with Crippen molar-refractivity contribution in [1.29, 1.82) is 0 Å². The molecule has 0 aliphatic heterocycles. The lowest BCUT2D eigenvalue weighted by molar-refractivity contribution is 0.0952. The zero-order valence-corrected chi connectivity index (χ0v) is 17.0. The normalized spacial score (nSPS) is 10.9. The third-order valence-electron chi connectivity index (χ3n) is 5.31. The van der Waals surface area contributed by atoms with Crippen molar-refractivity contribution in [2.75, 3.05) is 0 Å². The number of aromatic nitrogens is 1. The number of rotatable bonds is 4. The average molecular weight is 380 g/mol. The lowest BCUT2D eigenvalue weighted by Gasteiger charge is -2.12. The number of amides is 1. The number of fused-ring (bicyclic) bond motifs is 1. The Morgan fingerprint density at radius 3 is 2.41 bits per heavy atom. The molecule has 0 spiro atoms. The van der Waals surface area contributed by atoms with Crippen LogP contribution in [0.2, 0.25) is 0 Å². The first-order chi connectivity index (χ1) is 14.0. The largest absolute Gasteiger partial charge is 0.348 e. The molecular formula is C26H24N2O. The molecule has 1 aromatic heterocycles. The summed E-state index contributed by atoms with van der Waals surface area (Å²) in [4.78, 5) is 17.9. The maximum absolute atomic E-state index is 13.1. The van der Waals surface area contributed by atoms with Crippen LogP contribution in [0.25, 0.3) is 22.2 Å². The Hall–Kier alpha value is -3.46. The zero-order valence-electron chi connectivity index (χ0n) is 17.0. The summed E-state index contributed by atoms with van der Waals surface area (Å²) in [5, 5.41) is 3.94. The molecule has 0 unspecified atom stereocenters. The molecule has 0 radical (unpaired) electrons. The van der Waals surface area contributed by atoms with E-state index in [0.717, 1.165) is 33.3 Å². The first-order valence-corrected chi connectivity index (χ1v) is 9.82. The van der Waals surface area contributed by atoms with Crippen molar-refractivity contribution in [3.05, 3.63) is 101 Å². The topological polar surface area (TPSA) is 42.0 Å². The minimum absolute atomic E-state index is 0.0862. The number of aryl methyl sites for hydroxylation is 3. The van der Waals surface area contributed by atoms with Gasteiger partial charge in [0.2, 0.25) is 0 Å². The lowest BCUT2D eigenvalue weighted by atomic mass is 9.99. The highest BCUT2D eigenvalue weighted by Gasteiger charge is 2.14. The number of benzene rings is 3. The minimum atomic E-state index is -0.0862. The molecule has 1 amide bonds. The Labute approximate surface area is 171 Å². The Balaban J connectivity index is 1.77. The van der Waals surface area contributed by atoms with Gasteiger partial charge >= 0.3 is 0 Å². The smallest absolute Gasteiger partial charge is 0.252 e. The zero-order chi connectivity index (χ0) is 20.4. The van der Waals surface area contributed by atoms with E-state index in [2.05, 4.69) is 37.4 Å². The van der Waals surface area contributed by atoms with Crippen LogP contribution in [0.3, 0.4) is 0 Å². The van der Waals surface area contributed by atoms with Crippen molar-refractivity contribution in [1.82, 2.24) is 10.3 Å². The molecule has 144 valence electrons. The Morgan fingerprint density at radius 2 is 1.66 bits per heavy atom. The van der Waals surface area contributed by atoms with Gasteiger partial charge in [0.05, 0.1) is 16.8 Å². The fraction of sp³-hybridized carbons (Fsp3) is 0.154. The summed E-state index contributed by atoms with van der Waals surface area (Å²) in [6.45, 7) is 6.71. The fourth-order valence-electron chi connectivity index (χ4n) is 3.45. The second-order valence-corrected chi connectivity index (χ2v) is 7.54. The molecule has 0 saturated heterocycles. The number of hydrogen-bond acceptors (Lipinski definition) is 2. The van der Waals surface area contributed by atoms with Gasteiger partial charge in [0.25, 0.3) is 5.91 Å². The molecule has 3 heteroatoms. The SMILES string of the molecule is Cc1ccc2nc(-c3ccc(C)c(C)c3)cc(C(=O)NCc3ccccc3)c2c1. The molecule has 0 fully saturated rings. The van der Waals surface area contributed by atoms with E-state index < -0.39 is 0 Å². The number of nitrogens with one attached hydrogen (secondary N) is 1. The van der Waals surface area contributed by atoms with Gasteiger partial charge in [-0.1, -0.05) is 54.1 Å². The molecule has 3 aromatic carbocycles. The van der Waals surface area contributed by atoms with Gasteiger partial charge in [-0.25, -0.2) is 4.98 Å². The van der Waals surface area contributed by atoms with E-state index in [4.69, 9.17) is 4.98 Å². The molecule has 1 N–H and O–H groups in total. The summed E-state index contributed by atoms with van der Waals surface area (Å²) in [7, 11) is 0. The predicted molar refractivity (Wildman–Crippen MR) is 119 cm³/mol. The van der Waals surface area contributed by atoms with E-state index in [0.29, 0.717) is 12.1 Å². The van der Waals surface area contributed by atoms with Crippen LogP contribution in [0.5, 0.6) is 0 Å². The first kappa shape index (κ1) is 18.9. The number of nitrogens with zero attached hydrogens (tertiary/aromatic N) is 1. The highest BCUT2D eigenvalue weighted by atomic mass is 16.1. The van der Waals surface area contributed by atoms with Crippen molar-refractivity contribution >= 4 is 16.8 Å². The molecule has 0 aliphatic carbocycles. The molecular weight excluding hydrogens is 356 g/mol. The number of carbonyl (C=O) groups is 1. The third kappa shape index (κ3) is 4.04. The van der Waals surface area contributed by atoms with Crippen LogP contribution < -0.4 is 5.32 Å². The van der Waals surface area contributed by atoms with Gasteiger partial charge in [-0.05, 0) is 61.7 Å². The summed E-state index contributed by atoms with van der Waals surface area (Å²) in [6, 6.07) is 24.2. The lowest BCUT2D eigenvalue weighted by Crippen LogP contribution is -2.23. The Bertz CT molecular complexity index is 1200. The molecule has 1 heterocycles. The van der Waals surface area contributed by atoms with E-state index in [9.17, 15) is 4.79 Å². The highest BCUT2D eigenvalue weighted by Crippen LogP contribution is 2.27. The Morgan fingerprint density at radius 1 is 0.862 bits per heavy atom. The van der Waals surface area contributed by atoms with Gasteiger partial charge in [0, 0.05) is 17.5 Å². The molecule has 4 aromatic rings. The van der Waals surface area contributed by atoms with Crippen LogP contribution in [0.1, 0.15) is 32.6 Å². The third-order valence-corrected chi connectivity index (χ3v) is 5.31. The molecule has 0 atom stereocenters. The van der Waals surface area contributed by atoms with E-state index >= 15 is 0 Å². The van der Waals surface area contributed by atoms with Crippen LogP contribution in [0.4, 0.5) is 0 Å². The standard InChI is InChI=1S/C26H24N2O/c1-17-9-12-24-22(13-17)23(26(29)27-16-20-7-5-4-6-8-20)15-25(28-24)21-11-10-18(2)19(3)14-21/h4-15H,16H2,1-3H3,(H,27,29). The molecule has 3 nitrogen and oxygen atoms in total. The fourth-order valence-corrected chi connectivity index (χ4v) is 3.45. The van der Waals surface area contributed by atoms with E-state index in [1.807, 2.05) is 61.5 Å². The van der Waals surface area contributed by atoms with Gasteiger partial charge in [-0.15, -0.1) is 0 Å². The minimum Gasteiger partial charge on any atom is -0.348 e. The van der Waals surface area contributed by atoms with Crippen LogP contribution >= 0.6 is 0 Å². The van der Waals surface area contributed by atoms with Gasteiger partial charge < -0.3 is 5.32 Å². The average Bonchev–Trinajstić information content (AvgIpc) is 2.74. The summed E-state index contributed by atoms with van der Waals surface area (Å²) >= 11 is 0. The number of carbonyl (C=O) groups excluding carboxylic acids is 1. The number of pyridine rings is 1. The first-order valence-electron chi connectivity index (χ1n) is 9.82. The van der Waals surface area contributed by atoms with E-state index in [1.54, 1.807) is 0 Å². The monoisotopic (exact) mass is 380 g/mol. The van der Waals surface area contributed by atoms with Crippen molar-refractivity contribution in [3.8, 4) is 11.3 Å². The van der Waals surface area contributed by atoms with Gasteiger partial charge in [-0.3, -0.25) is 4.79 Å². The molecule has 29 heavy (non-hydrogen) atoms. The van der Waals surface area contributed by atoms with E-state index in [-0.39, 0.29) is 5.91 Å². The summed E-state index contributed by atoms with van der Waals surface area (Å²) in [6.07, 6.45) is 0. The maximum Gasteiger partial charge on any atom is 0.252 e. The van der Waals surface area contributed by atoms with Crippen LogP contribution in [-0.2, 0) is 6.54 Å². The molecule has 0 bridgehead atoms.